The van der Waals surface area contributed by atoms with E-state index in [1.54, 1.807) is 6.07 Å². The van der Waals surface area contributed by atoms with Gasteiger partial charge in [0.15, 0.2) is 11.5 Å². The lowest BCUT2D eigenvalue weighted by Crippen LogP contribution is -2.37. The van der Waals surface area contributed by atoms with Crippen LogP contribution >= 0.6 is 0 Å². The maximum atomic E-state index is 12.8. The number of anilines is 2. The molecule has 3 aromatic rings. The van der Waals surface area contributed by atoms with Gasteiger partial charge in [-0.25, -0.2) is 14.8 Å². The highest BCUT2D eigenvalue weighted by Gasteiger charge is 2.32. The minimum Gasteiger partial charge on any atom is -0.495 e. The minimum atomic E-state index is -4.63. The number of hydrogen-bond acceptors (Lipinski definition) is 6. The van der Waals surface area contributed by atoms with Crippen LogP contribution in [0.15, 0.2) is 60.9 Å². The summed E-state index contributed by atoms with van der Waals surface area (Å²) in [6.45, 7) is 2.44. The highest BCUT2D eigenvalue weighted by Crippen LogP contribution is 2.28. The van der Waals surface area contributed by atoms with Gasteiger partial charge in [0.1, 0.15) is 5.75 Å². The van der Waals surface area contributed by atoms with Crippen LogP contribution in [0, 0.1) is 0 Å². The van der Waals surface area contributed by atoms with E-state index in [-0.39, 0.29) is 29.2 Å². The largest absolute Gasteiger partial charge is 0.495 e. The number of ether oxygens (including phenoxy) is 1. The SMILES string of the molecule is COc1cc(C(=O)NC2CCN(Cc3ccccc3)C2)ccc1NC(=O)Nc1cnc(C(F)(F)F)cn1. The van der Waals surface area contributed by atoms with Gasteiger partial charge in [-0.3, -0.25) is 15.0 Å². The Kier molecular flexibility index (Phi) is 7.87. The first-order valence-corrected chi connectivity index (χ1v) is 11.4. The molecule has 0 spiro atoms. The summed E-state index contributed by atoms with van der Waals surface area (Å²) in [6.07, 6.45) is -2.47. The molecule has 9 nitrogen and oxygen atoms in total. The van der Waals surface area contributed by atoms with E-state index in [2.05, 4.69) is 43.0 Å². The lowest BCUT2D eigenvalue weighted by molar-refractivity contribution is -0.141. The number of urea groups is 1. The van der Waals surface area contributed by atoms with Gasteiger partial charge in [-0.05, 0) is 30.2 Å². The molecule has 12 heteroatoms. The third-order valence-electron chi connectivity index (χ3n) is 5.75. The molecule has 194 valence electrons. The Bertz CT molecular complexity index is 1240. The molecule has 2 heterocycles. The molecule has 1 atom stereocenters. The van der Waals surface area contributed by atoms with Crippen LogP contribution in [0.3, 0.4) is 0 Å². The van der Waals surface area contributed by atoms with Crippen molar-refractivity contribution in [2.45, 2.75) is 25.2 Å². The fourth-order valence-corrected chi connectivity index (χ4v) is 3.95. The predicted molar refractivity (Wildman–Crippen MR) is 130 cm³/mol. The number of nitrogens with zero attached hydrogens (tertiary/aromatic N) is 3. The summed E-state index contributed by atoms with van der Waals surface area (Å²) in [5.74, 6) is -0.197. The average Bonchev–Trinajstić information content (AvgIpc) is 3.31. The second-order valence-corrected chi connectivity index (χ2v) is 8.46. The summed E-state index contributed by atoms with van der Waals surface area (Å²) in [5.41, 5.74) is 0.663. The number of hydrogen-bond donors (Lipinski definition) is 3. The third-order valence-corrected chi connectivity index (χ3v) is 5.75. The van der Waals surface area contributed by atoms with Gasteiger partial charge in [-0.15, -0.1) is 0 Å². The molecule has 3 N–H and O–H groups in total. The molecule has 1 aromatic heterocycles. The number of amides is 3. The van der Waals surface area contributed by atoms with E-state index in [4.69, 9.17) is 4.74 Å². The minimum absolute atomic E-state index is 0.00984. The number of carbonyl (C=O) groups is 2. The van der Waals surface area contributed by atoms with Crippen LogP contribution in [0.5, 0.6) is 5.75 Å². The van der Waals surface area contributed by atoms with Crippen LogP contribution in [-0.4, -0.2) is 53.0 Å². The first-order chi connectivity index (χ1) is 17.7. The summed E-state index contributed by atoms with van der Waals surface area (Å²) < 4.78 is 43.1. The Labute approximate surface area is 211 Å². The van der Waals surface area contributed by atoms with Crippen LogP contribution in [0.4, 0.5) is 29.5 Å². The zero-order valence-electron chi connectivity index (χ0n) is 19.9. The van der Waals surface area contributed by atoms with Crippen molar-refractivity contribution in [1.82, 2.24) is 20.2 Å². The molecule has 0 bridgehead atoms. The number of likely N-dealkylation sites (tertiary alicyclic amines) is 1. The second-order valence-electron chi connectivity index (χ2n) is 8.46. The van der Waals surface area contributed by atoms with Gasteiger partial charge in [0, 0.05) is 31.2 Å². The molecule has 0 aliphatic carbocycles. The van der Waals surface area contributed by atoms with Crippen molar-refractivity contribution in [3.63, 3.8) is 0 Å². The Morgan fingerprint density at radius 2 is 1.86 bits per heavy atom. The van der Waals surface area contributed by atoms with Gasteiger partial charge in [-0.2, -0.15) is 13.2 Å². The lowest BCUT2D eigenvalue weighted by atomic mass is 10.1. The van der Waals surface area contributed by atoms with Crippen LogP contribution in [0.2, 0.25) is 0 Å². The van der Waals surface area contributed by atoms with E-state index in [0.29, 0.717) is 11.8 Å². The predicted octanol–water partition coefficient (Wildman–Crippen LogP) is 4.15. The van der Waals surface area contributed by atoms with Crippen molar-refractivity contribution in [2.24, 2.45) is 0 Å². The number of methoxy groups -OCH3 is 1. The van der Waals surface area contributed by atoms with Gasteiger partial charge >= 0.3 is 12.2 Å². The molecular formula is C25H25F3N6O3. The zero-order chi connectivity index (χ0) is 26.4. The van der Waals surface area contributed by atoms with Gasteiger partial charge in [0.25, 0.3) is 5.91 Å². The van der Waals surface area contributed by atoms with E-state index in [1.165, 1.54) is 24.8 Å². The van der Waals surface area contributed by atoms with E-state index in [1.807, 2.05) is 18.2 Å². The molecule has 4 rings (SSSR count). The lowest BCUT2D eigenvalue weighted by Gasteiger charge is -2.17. The van der Waals surface area contributed by atoms with Crippen molar-refractivity contribution in [3.05, 3.63) is 77.7 Å². The molecule has 1 unspecified atom stereocenters. The summed E-state index contributed by atoms with van der Waals surface area (Å²) in [5, 5.41) is 7.86. The van der Waals surface area contributed by atoms with Crippen LogP contribution in [0.1, 0.15) is 28.0 Å². The topological polar surface area (TPSA) is 108 Å². The number of rotatable bonds is 7. The number of alkyl halides is 3. The maximum absolute atomic E-state index is 12.8. The molecule has 0 radical (unpaired) electrons. The molecule has 1 fully saturated rings. The average molecular weight is 515 g/mol. The summed E-state index contributed by atoms with van der Waals surface area (Å²) in [4.78, 5) is 34.2. The van der Waals surface area contributed by atoms with Gasteiger partial charge in [0.05, 0.1) is 25.2 Å². The molecule has 1 aliphatic heterocycles. The van der Waals surface area contributed by atoms with Gasteiger partial charge < -0.3 is 15.4 Å². The number of benzene rings is 2. The standard InChI is InChI=1S/C25H25F3N6O3/c1-37-20-11-17(23(35)31-18-9-10-34(15-18)14-16-5-3-2-4-6-16)7-8-19(20)32-24(36)33-22-13-29-21(12-30-22)25(26,27)28/h2-8,11-13,18H,9-10,14-15H2,1H3,(H,31,35)(H2,30,32,33,36). The first-order valence-electron chi connectivity index (χ1n) is 11.4. The van der Waals surface area contributed by atoms with Crippen molar-refractivity contribution >= 4 is 23.4 Å². The van der Waals surface area contributed by atoms with Gasteiger partial charge in [0.2, 0.25) is 0 Å². The van der Waals surface area contributed by atoms with Crippen molar-refractivity contribution < 1.29 is 27.5 Å². The fraction of sp³-hybridized carbons (Fsp3) is 0.280. The number of carbonyl (C=O) groups excluding carboxylic acids is 2. The van der Waals surface area contributed by atoms with Crippen molar-refractivity contribution in [1.29, 1.82) is 0 Å². The summed E-state index contributed by atoms with van der Waals surface area (Å²) >= 11 is 0. The smallest absolute Gasteiger partial charge is 0.434 e. The first kappa shape index (κ1) is 25.9. The molecular weight excluding hydrogens is 489 g/mol. The monoisotopic (exact) mass is 514 g/mol. The van der Waals surface area contributed by atoms with Gasteiger partial charge in [-0.1, -0.05) is 30.3 Å². The Morgan fingerprint density at radius 3 is 2.54 bits per heavy atom. The Morgan fingerprint density at radius 1 is 1.08 bits per heavy atom. The number of nitrogens with one attached hydrogen (secondary N) is 3. The third kappa shape index (κ3) is 6.94. The molecule has 0 saturated carbocycles. The molecule has 1 aliphatic rings. The Hall–Kier alpha value is -4.19. The molecule has 37 heavy (non-hydrogen) atoms. The molecule has 1 saturated heterocycles. The quantitative estimate of drug-likeness (QED) is 0.437. The van der Waals surface area contributed by atoms with Crippen LogP contribution < -0.4 is 20.7 Å². The zero-order valence-corrected chi connectivity index (χ0v) is 19.9. The highest BCUT2D eigenvalue weighted by atomic mass is 19.4. The molecule has 3 amide bonds. The van der Waals surface area contributed by atoms with Crippen molar-refractivity contribution in [2.75, 3.05) is 30.8 Å². The van der Waals surface area contributed by atoms with E-state index in [0.717, 1.165) is 32.3 Å². The number of aromatic nitrogens is 2. The maximum Gasteiger partial charge on any atom is 0.434 e. The second kappa shape index (κ2) is 11.2. The van der Waals surface area contributed by atoms with E-state index < -0.39 is 17.9 Å². The normalized spacial score (nSPS) is 15.7. The summed E-state index contributed by atoms with van der Waals surface area (Å²) in [7, 11) is 1.39. The summed E-state index contributed by atoms with van der Waals surface area (Å²) in [6, 6.07) is 13.9. The van der Waals surface area contributed by atoms with Crippen LogP contribution in [-0.2, 0) is 12.7 Å². The van der Waals surface area contributed by atoms with E-state index in [9.17, 15) is 22.8 Å². The Balaban J connectivity index is 1.32. The van der Waals surface area contributed by atoms with Crippen LogP contribution in [0.25, 0.3) is 0 Å². The molecule has 2 aromatic carbocycles. The van der Waals surface area contributed by atoms with Crippen molar-refractivity contribution in [3.8, 4) is 5.75 Å². The number of halogens is 3. The van der Waals surface area contributed by atoms with E-state index >= 15 is 0 Å². The highest BCUT2D eigenvalue weighted by molar-refractivity contribution is 6.01. The fourth-order valence-electron chi connectivity index (χ4n) is 3.95.